The van der Waals surface area contributed by atoms with E-state index in [2.05, 4.69) is 67.8 Å². The number of esters is 1. The van der Waals surface area contributed by atoms with Crippen molar-refractivity contribution in [3.63, 3.8) is 0 Å². The van der Waals surface area contributed by atoms with Gasteiger partial charge in [-0.15, -0.1) is 0 Å². The van der Waals surface area contributed by atoms with Crippen molar-refractivity contribution in [1.29, 1.82) is 0 Å². The molecule has 0 saturated carbocycles. The fraction of sp³-hybridized carbons (Fsp3) is 0.857. The van der Waals surface area contributed by atoms with E-state index in [0.29, 0.717) is 19.4 Å². The number of aliphatic hydroxyl groups excluding tert-OH is 2. The highest BCUT2D eigenvalue weighted by Gasteiger charge is 2.18. The Labute approximate surface area is 562 Å². The molecule has 6 heteroatoms. The van der Waals surface area contributed by atoms with Crippen LogP contribution < -0.4 is 5.32 Å². The first-order valence-electron chi connectivity index (χ1n) is 40.6. The zero-order valence-electron chi connectivity index (χ0n) is 60.6. The molecule has 0 saturated heterocycles. The van der Waals surface area contributed by atoms with E-state index in [1.54, 1.807) is 6.08 Å². The fourth-order valence-corrected chi connectivity index (χ4v) is 12.6. The highest BCUT2D eigenvalue weighted by Crippen LogP contribution is 2.19. The second-order valence-corrected chi connectivity index (χ2v) is 27.7. The molecule has 6 nitrogen and oxygen atoms in total. The molecule has 0 aromatic heterocycles. The molecule has 0 fully saturated rings. The van der Waals surface area contributed by atoms with E-state index in [1.165, 1.54) is 353 Å². The Morgan fingerprint density at radius 2 is 0.556 bits per heavy atom. The van der Waals surface area contributed by atoms with Gasteiger partial charge < -0.3 is 20.3 Å². The van der Waals surface area contributed by atoms with Gasteiger partial charge in [-0.2, -0.15) is 0 Å². The van der Waals surface area contributed by atoms with Crippen LogP contribution in [0.3, 0.4) is 0 Å². The molecule has 0 bridgehead atoms. The average Bonchev–Trinajstić information content (AvgIpc) is 3.62. The van der Waals surface area contributed by atoms with Crippen LogP contribution in [-0.4, -0.2) is 47.4 Å². The maximum absolute atomic E-state index is 12.5. The van der Waals surface area contributed by atoms with Gasteiger partial charge in [-0.25, -0.2) is 0 Å². The van der Waals surface area contributed by atoms with Gasteiger partial charge in [0.15, 0.2) is 0 Å². The number of carbonyl (C=O) groups is 2. The molecule has 3 N–H and O–H groups in total. The summed E-state index contributed by atoms with van der Waals surface area (Å²) in [6, 6.07) is -0.627. The first-order chi connectivity index (χ1) is 44.5. The smallest absolute Gasteiger partial charge is 0.305 e. The summed E-state index contributed by atoms with van der Waals surface area (Å²) < 4.78 is 5.49. The van der Waals surface area contributed by atoms with Gasteiger partial charge in [0.2, 0.25) is 5.91 Å². The van der Waals surface area contributed by atoms with E-state index in [0.717, 1.165) is 57.8 Å². The standard InChI is InChI=1S/C84H157NO5/c1-3-5-7-9-11-13-15-17-19-20-42-45-49-52-56-60-64-68-72-76-82(87)81(80-86)85-83(88)77-73-69-65-61-57-53-50-46-43-40-38-36-34-32-30-28-26-24-22-21-23-25-27-29-31-33-35-37-39-41-44-47-51-55-59-63-67-71-75-79-90-84(89)78-74-70-66-62-58-54-48-18-16-14-12-10-8-6-4-2/h12,14,18,21-22,25,27,48,72,76,81-82,86-87H,3-11,13,15-17,19-20,23-24,26,28-47,49-71,73-75,77-80H2,1-2H3,(H,85,88)/b14-12-,22-21-,27-25-,48-18-,76-72+. The topological polar surface area (TPSA) is 95.9 Å². The van der Waals surface area contributed by atoms with E-state index in [-0.39, 0.29) is 18.5 Å². The third-order valence-corrected chi connectivity index (χ3v) is 18.8. The molecule has 528 valence electrons. The predicted octanol–water partition coefficient (Wildman–Crippen LogP) is 26.9. The van der Waals surface area contributed by atoms with Gasteiger partial charge in [0.1, 0.15) is 0 Å². The number of hydrogen-bond donors (Lipinski definition) is 3. The number of amides is 1. The van der Waals surface area contributed by atoms with Crippen LogP contribution in [0, 0.1) is 0 Å². The Hall–Kier alpha value is -2.44. The first kappa shape index (κ1) is 87.6. The Bertz CT molecular complexity index is 1550. The van der Waals surface area contributed by atoms with Crippen LogP contribution in [0.15, 0.2) is 60.8 Å². The van der Waals surface area contributed by atoms with Gasteiger partial charge in [-0.1, -0.05) is 389 Å². The van der Waals surface area contributed by atoms with Crippen molar-refractivity contribution in [3.8, 4) is 0 Å². The molecular formula is C84H157NO5. The zero-order valence-corrected chi connectivity index (χ0v) is 60.6. The Morgan fingerprint density at radius 1 is 0.311 bits per heavy atom. The third kappa shape index (κ3) is 74.6. The molecule has 0 aliphatic carbocycles. The summed E-state index contributed by atoms with van der Waals surface area (Å²) in [4.78, 5) is 24.6. The lowest BCUT2D eigenvalue weighted by molar-refractivity contribution is -0.143. The quantitative estimate of drug-likeness (QED) is 0.0320. The van der Waals surface area contributed by atoms with E-state index in [1.807, 2.05) is 6.08 Å². The number of hydrogen-bond acceptors (Lipinski definition) is 5. The minimum atomic E-state index is -0.844. The minimum absolute atomic E-state index is 0.00625. The highest BCUT2D eigenvalue weighted by molar-refractivity contribution is 5.76. The fourth-order valence-electron chi connectivity index (χ4n) is 12.6. The number of allylic oxidation sites excluding steroid dienone is 9. The molecular weight excluding hydrogens is 1100 g/mol. The summed E-state index contributed by atoms with van der Waals surface area (Å²) in [6.07, 6.45) is 106. The van der Waals surface area contributed by atoms with Crippen LogP contribution in [-0.2, 0) is 14.3 Å². The molecule has 0 spiro atoms. The van der Waals surface area contributed by atoms with E-state index in [4.69, 9.17) is 4.74 Å². The molecule has 0 heterocycles. The van der Waals surface area contributed by atoms with Gasteiger partial charge in [-0.3, -0.25) is 9.59 Å². The molecule has 1 amide bonds. The van der Waals surface area contributed by atoms with Crippen molar-refractivity contribution < 1.29 is 24.5 Å². The van der Waals surface area contributed by atoms with Crippen molar-refractivity contribution in [2.24, 2.45) is 0 Å². The lowest BCUT2D eigenvalue weighted by Crippen LogP contribution is -2.45. The molecule has 2 unspecified atom stereocenters. The van der Waals surface area contributed by atoms with Crippen LogP contribution in [0.25, 0.3) is 0 Å². The van der Waals surface area contributed by atoms with Crippen molar-refractivity contribution in [2.75, 3.05) is 13.2 Å². The lowest BCUT2D eigenvalue weighted by Gasteiger charge is -2.20. The first-order valence-corrected chi connectivity index (χ1v) is 40.6. The SMILES string of the molecule is CCCCC/C=C\C/C=C\CCCCCCCC(=O)OCCCCCCCCCCCCCCCCC/C=C\C/C=C\CCCCCCCCCCCCCCCCCCCC(=O)NC(CO)C(O)/C=C/CCCCCCCCCCCCCCCCCCC. The summed E-state index contributed by atoms with van der Waals surface area (Å²) in [5, 5.41) is 23.3. The van der Waals surface area contributed by atoms with Gasteiger partial charge in [-0.05, 0) is 96.3 Å². The highest BCUT2D eigenvalue weighted by atomic mass is 16.5. The van der Waals surface area contributed by atoms with Crippen LogP contribution in [0.5, 0.6) is 0 Å². The largest absolute Gasteiger partial charge is 0.466 e. The molecule has 0 aromatic rings. The second kappa shape index (κ2) is 79.0. The monoisotopic (exact) mass is 1260 g/mol. The minimum Gasteiger partial charge on any atom is -0.466 e. The summed E-state index contributed by atoms with van der Waals surface area (Å²) in [7, 11) is 0. The molecule has 0 aliphatic rings. The number of ether oxygens (including phenoxy) is 1. The number of aliphatic hydroxyl groups is 2. The number of unbranched alkanes of at least 4 members (excludes halogenated alkanes) is 57. The maximum Gasteiger partial charge on any atom is 0.305 e. The molecule has 2 atom stereocenters. The lowest BCUT2D eigenvalue weighted by atomic mass is 10.0. The Morgan fingerprint density at radius 3 is 0.867 bits per heavy atom. The van der Waals surface area contributed by atoms with Crippen molar-refractivity contribution in [2.45, 2.75) is 450 Å². The molecule has 0 rings (SSSR count). The zero-order chi connectivity index (χ0) is 64.9. The van der Waals surface area contributed by atoms with Crippen molar-refractivity contribution in [3.05, 3.63) is 60.8 Å². The average molecular weight is 1260 g/mol. The van der Waals surface area contributed by atoms with Crippen LogP contribution in [0.2, 0.25) is 0 Å². The summed E-state index contributed by atoms with van der Waals surface area (Å²) in [6.45, 7) is 4.91. The van der Waals surface area contributed by atoms with E-state index >= 15 is 0 Å². The molecule has 0 aliphatic heterocycles. The Balaban J connectivity index is 3.38. The van der Waals surface area contributed by atoms with Crippen molar-refractivity contribution >= 4 is 11.9 Å². The van der Waals surface area contributed by atoms with E-state index < -0.39 is 12.1 Å². The number of carbonyl (C=O) groups excluding carboxylic acids is 2. The van der Waals surface area contributed by atoms with E-state index in [9.17, 15) is 19.8 Å². The maximum atomic E-state index is 12.5. The van der Waals surface area contributed by atoms with Crippen molar-refractivity contribution in [1.82, 2.24) is 5.32 Å². The summed E-state index contributed by atoms with van der Waals surface area (Å²) >= 11 is 0. The number of nitrogens with one attached hydrogen (secondary N) is 1. The molecule has 0 aromatic carbocycles. The van der Waals surface area contributed by atoms with Gasteiger partial charge in [0.25, 0.3) is 0 Å². The van der Waals surface area contributed by atoms with Gasteiger partial charge in [0, 0.05) is 12.8 Å². The second-order valence-electron chi connectivity index (χ2n) is 27.7. The van der Waals surface area contributed by atoms with Crippen LogP contribution in [0.1, 0.15) is 438 Å². The Kier molecular flexibility index (Phi) is 76.9. The summed E-state index contributed by atoms with van der Waals surface area (Å²) in [5.74, 6) is -0.0551. The normalized spacial score (nSPS) is 12.8. The van der Waals surface area contributed by atoms with Gasteiger partial charge >= 0.3 is 5.97 Å². The number of rotatable bonds is 76. The predicted molar refractivity (Wildman–Crippen MR) is 398 cm³/mol. The summed E-state index contributed by atoms with van der Waals surface area (Å²) in [5.41, 5.74) is 0. The van der Waals surface area contributed by atoms with Gasteiger partial charge in [0.05, 0.1) is 25.4 Å². The molecule has 0 radical (unpaired) electrons. The molecule has 90 heavy (non-hydrogen) atoms. The van der Waals surface area contributed by atoms with Crippen LogP contribution in [0.4, 0.5) is 0 Å². The third-order valence-electron chi connectivity index (χ3n) is 18.8. The van der Waals surface area contributed by atoms with Crippen LogP contribution >= 0.6 is 0 Å².